The van der Waals surface area contributed by atoms with Crippen molar-refractivity contribution in [2.45, 2.75) is 0 Å². The van der Waals surface area contributed by atoms with E-state index in [4.69, 9.17) is 0 Å². The lowest BCUT2D eigenvalue weighted by atomic mass is 9.88. The Bertz CT molecular complexity index is 10900. The van der Waals surface area contributed by atoms with Crippen LogP contribution in [0.1, 0.15) is 0 Å². The lowest BCUT2D eigenvalue weighted by molar-refractivity contribution is 1.22. The molecule has 0 amide bonds. The molecule has 670 valence electrons. The minimum atomic E-state index is 1.22. The molecule has 0 radical (unpaired) electrons. The van der Waals surface area contributed by atoms with Crippen LogP contribution in [0, 0.1) is 0 Å². The van der Waals surface area contributed by atoms with E-state index in [2.05, 4.69) is 541 Å². The standard InChI is InChI=1S/C50H31N.C48H29N.C44H27N/c1-2-14-32(15-3-1)33-26-28-35(29-27-33)46-38-19-7-10-22-42(38)49(43-23-11-8-20-39(43)46)51-45-25-13-12-24-44(45)48-47-36-17-5-4-16-34(36)30-31-40(47)37-18-6-9-21-41(37)50(48)51;1-3-17-32-30(14-1)16-13-26-35(32)44-36-20-6-9-23-40(36)47(41-24-10-7-21-37(41)44)49-43-27-12-11-25-42(43)46-45-33-18-4-2-15-31(33)28-29-38(45)34-19-5-8-22-39(34)48(46)49;1-2-15-29(16-3-1)40-32-19-7-10-22-36(32)43(37-23-11-8-20-33(37)40)45-39-25-13-12-24-38(39)42-41-30-17-5-4-14-28(30)26-27-34(41)31-18-6-9-21-35(31)44(42)45/h1-31H;1-29H;1-27H. The Hall–Kier alpha value is -19.1. The summed E-state index contributed by atoms with van der Waals surface area (Å²) in [6.45, 7) is 0. The number of hydrogen-bond acceptors (Lipinski definition) is 0. The van der Waals surface area contributed by atoms with Crippen molar-refractivity contribution in [2.24, 2.45) is 0 Å². The first-order valence-corrected chi connectivity index (χ1v) is 50.4. The fourth-order valence-corrected chi connectivity index (χ4v) is 25.5. The van der Waals surface area contributed by atoms with Crippen molar-refractivity contribution in [1.29, 1.82) is 0 Å². The first kappa shape index (κ1) is 81.9. The minimum Gasteiger partial charge on any atom is -0.307 e. The van der Waals surface area contributed by atoms with Crippen molar-refractivity contribution in [3.63, 3.8) is 0 Å². The number of hydrogen-bond donors (Lipinski definition) is 0. The first-order valence-electron chi connectivity index (χ1n) is 50.4. The van der Waals surface area contributed by atoms with Crippen LogP contribution >= 0.6 is 0 Å². The largest absolute Gasteiger partial charge is 0.307 e. The van der Waals surface area contributed by atoms with E-state index in [1.807, 2.05) is 0 Å². The molecule has 32 rings (SSSR count). The summed E-state index contributed by atoms with van der Waals surface area (Å²) in [5.41, 5.74) is 21.1. The molecule has 0 saturated carbocycles. The highest BCUT2D eigenvalue weighted by molar-refractivity contribution is 6.42. The molecule has 3 aromatic heterocycles. The molecule has 0 spiro atoms. The van der Waals surface area contributed by atoms with Crippen LogP contribution in [0.4, 0.5) is 0 Å². The Morgan fingerprint density at radius 1 is 0.103 bits per heavy atom. The third-order valence-corrected chi connectivity index (χ3v) is 31.4. The highest BCUT2D eigenvalue weighted by Gasteiger charge is 2.31. The second-order valence-electron chi connectivity index (χ2n) is 38.8. The average Bonchev–Trinajstić information content (AvgIpc) is 1.55. The van der Waals surface area contributed by atoms with Gasteiger partial charge in [-0.25, -0.2) is 0 Å². The van der Waals surface area contributed by atoms with Gasteiger partial charge >= 0.3 is 0 Å². The molecule has 3 heteroatoms. The number of benzene rings is 29. The number of nitrogens with zero attached hydrogens (tertiary/aromatic N) is 3. The van der Waals surface area contributed by atoms with Crippen LogP contribution in [0.2, 0.25) is 0 Å². The molecule has 0 unspecified atom stereocenters. The fourth-order valence-electron chi connectivity index (χ4n) is 25.5. The molecule has 3 nitrogen and oxygen atoms in total. The molecule has 0 saturated heterocycles. The van der Waals surface area contributed by atoms with Gasteiger partial charge in [0.2, 0.25) is 0 Å². The Kier molecular flexibility index (Phi) is 18.5. The molecule has 0 atom stereocenters. The lowest BCUT2D eigenvalue weighted by Gasteiger charge is -2.21. The normalized spacial score (nSPS) is 12.0. The maximum Gasteiger partial charge on any atom is 0.0626 e. The molecule has 0 fully saturated rings. The summed E-state index contributed by atoms with van der Waals surface area (Å²) in [6, 6.07) is 194. The summed E-state index contributed by atoms with van der Waals surface area (Å²) < 4.78 is 7.75. The molecule has 32 aromatic rings. The minimum absolute atomic E-state index is 1.22. The van der Waals surface area contributed by atoms with E-state index in [0.29, 0.717) is 0 Å². The number of aromatic nitrogens is 3. The maximum atomic E-state index is 2.59. The lowest BCUT2D eigenvalue weighted by Crippen LogP contribution is -2.00. The van der Waals surface area contributed by atoms with Crippen LogP contribution in [0.15, 0.2) is 528 Å². The Morgan fingerprint density at radius 2 is 0.317 bits per heavy atom. The summed E-state index contributed by atoms with van der Waals surface area (Å²) >= 11 is 0. The van der Waals surface area contributed by atoms with Crippen molar-refractivity contribution < 1.29 is 0 Å². The van der Waals surface area contributed by atoms with Crippen LogP contribution in [-0.2, 0) is 0 Å². The van der Waals surface area contributed by atoms with Crippen LogP contribution < -0.4 is 0 Å². The Balaban J connectivity index is 0.000000101. The zero-order valence-corrected chi connectivity index (χ0v) is 79.1. The van der Waals surface area contributed by atoms with Gasteiger partial charge in [0.1, 0.15) is 0 Å². The van der Waals surface area contributed by atoms with Crippen LogP contribution in [0.25, 0.3) is 299 Å². The van der Waals surface area contributed by atoms with Gasteiger partial charge in [0.15, 0.2) is 0 Å². The van der Waals surface area contributed by atoms with Gasteiger partial charge < -0.3 is 13.7 Å². The third kappa shape index (κ3) is 12.3. The van der Waals surface area contributed by atoms with Gasteiger partial charge in [-0.15, -0.1) is 0 Å². The predicted octanol–water partition coefficient (Wildman–Crippen LogP) is 39.5. The summed E-state index contributed by atoms with van der Waals surface area (Å²) in [5, 5.41) is 48.5. The highest BCUT2D eigenvalue weighted by Crippen LogP contribution is 2.55. The predicted molar refractivity (Wildman–Crippen MR) is 624 cm³/mol. The van der Waals surface area contributed by atoms with Crippen LogP contribution in [0.5, 0.6) is 0 Å². The van der Waals surface area contributed by atoms with E-state index in [9.17, 15) is 0 Å². The fraction of sp³-hybridized carbons (Fsp3) is 0. The van der Waals surface area contributed by atoms with Crippen molar-refractivity contribution >= 4 is 238 Å². The van der Waals surface area contributed by atoms with E-state index in [1.165, 1.54) is 299 Å². The van der Waals surface area contributed by atoms with Crippen molar-refractivity contribution in [3.05, 3.63) is 528 Å². The van der Waals surface area contributed by atoms with Gasteiger partial charge in [0, 0.05) is 97.0 Å². The molecule has 0 aliphatic carbocycles. The third-order valence-electron chi connectivity index (χ3n) is 31.4. The zero-order valence-electron chi connectivity index (χ0n) is 79.1. The maximum absolute atomic E-state index is 2.59. The molecule has 0 bridgehead atoms. The van der Waals surface area contributed by atoms with Gasteiger partial charge in [-0.1, -0.05) is 510 Å². The SMILES string of the molecule is c1ccc(-c2c3ccccc3c(-n3c4ccccc4c4c5c6ccccc6ccc5c5ccccc5c43)c3ccccc23)cc1.c1ccc(-c2ccc(-c3c4ccccc4c(-n4c5ccccc5c5c6c7ccccc7ccc6c6ccccc6c54)c4ccccc34)cc2)cc1.c1ccc2c(-c3c4ccccc4c(-n4c5ccccc5c5c6c7ccccc7ccc6c6ccccc6c54)c4ccccc34)cccc2c1. The number of rotatable bonds is 7. The Morgan fingerprint density at radius 3 is 0.641 bits per heavy atom. The van der Waals surface area contributed by atoms with Crippen molar-refractivity contribution in [3.8, 4) is 61.6 Å². The van der Waals surface area contributed by atoms with Gasteiger partial charge in [0.05, 0.1) is 50.2 Å². The summed E-state index contributed by atoms with van der Waals surface area (Å²) in [7, 11) is 0. The van der Waals surface area contributed by atoms with E-state index < -0.39 is 0 Å². The second-order valence-corrected chi connectivity index (χ2v) is 38.8. The molecule has 145 heavy (non-hydrogen) atoms. The molecule has 0 aliphatic heterocycles. The zero-order chi connectivity index (χ0) is 95.0. The average molecular weight is 1840 g/mol. The van der Waals surface area contributed by atoms with E-state index >= 15 is 0 Å². The topological polar surface area (TPSA) is 14.8 Å². The summed E-state index contributed by atoms with van der Waals surface area (Å²) in [4.78, 5) is 0. The summed E-state index contributed by atoms with van der Waals surface area (Å²) in [6.07, 6.45) is 0. The Labute approximate surface area is 834 Å². The van der Waals surface area contributed by atoms with Crippen molar-refractivity contribution in [2.75, 3.05) is 0 Å². The number of para-hydroxylation sites is 3. The molecule has 3 heterocycles. The van der Waals surface area contributed by atoms with Crippen molar-refractivity contribution in [1.82, 2.24) is 13.7 Å². The molecular weight excluding hydrogens is 1750 g/mol. The van der Waals surface area contributed by atoms with Crippen LogP contribution in [0.3, 0.4) is 0 Å². The molecular formula is C142H87N3. The van der Waals surface area contributed by atoms with E-state index in [1.54, 1.807) is 0 Å². The monoisotopic (exact) mass is 1830 g/mol. The molecule has 29 aromatic carbocycles. The van der Waals surface area contributed by atoms with Gasteiger partial charge in [-0.05, 0) is 170 Å². The van der Waals surface area contributed by atoms with Crippen LogP contribution in [-0.4, -0.2) is 13.7 Å². The van der Waals surface area contributed by atoms with E-state index in [0.717, 1.165) is 0 Å². The highest BCUT2D eigenvalue weighted by atomic mass is 15.0. The second kappa shape index (κ2) is 32.8. The first-order chi connectivity index (χ1) is 72.1. The van der Waals surface area contributed by atoms with Gasteiger partial charge in [0.25, 0.3) is 0 Å². The van der Waals surface area contributed by atoms with E-state index in [-0.39, 0.29) is 0 Å². The smallest absolute Gasteiger partial charge is 0.0626 e. The number of fused-ring (bicyclic) bond motifs is 37. The molecule has 0 N–H and O–H groups in total. The molecule has 0 aliphatic rings. The quantitative estimate of drug-likeness (QED) is 0.112. The van der Waals surface area contributed by atoms with Gasteiger partial charge in [-0.3, -0.25) is 0 Å². The summed E-state index contributed by atoms with van der Waals surface area (Å²) in [5.74, 6) is 0. The van der Waals surface area contributed by atoms with Gasteiger partial charge in [-0.2, -0.15) is 0 Å².